The van der Waals surface area contributed by atoms with Crippen LogP contribution in [-0.2, 0) is 13.0 Å². The number of aromatic nitrogens is 2. The van der Waals surface area contributed by atoms with E-state index in [2.05, 4.69) is 10.4 Å². The van der Waals surface area contributed by atoms with E-state index in [1.165, 1.54) is 6.20 Å². The minimum Gasteiger partial charge on any atom is -0.392 e. The van der Waals surface area contributed by atoms with Crippen LogP contribution >= 0.6 is 34.8 Å². The van der Waals surface area contributed by atoms with Crippen LogP contribution < -0.4 is 10.9 Å². The molecule has 1 heterocycles. The molecule has 3 aromatic rings. The Balaban J connectivity index is 1.69. The molecule has 0 radical (unpaired) electrons. The van der Waals surface area contributed by atoms with Gasteiger partial charge in [-0.05, 0) is 35.7 Å². The lowest BCUT2D eigenvalue weighted by Gasteiger charge is -2.11. The van der Waals surface area contributed by atoms with Crippen molar-refractivity contribution in [3.8, 4) is 5.69 Å². The smallest absolute Gasteiger partial charge is 0.291 e. The summed E-state index contributed by atoms with van der Waals surface area (Å²) in [6.07, 6.45) is 2.12. The van der Waals surface area contributed by atoms with Crippen LogP contribution in [0.5, 0.6) is 0 Å². The SMILES string of the molecule is O=c1c(Cl)c(Cl)cnn1-c1ccc(NCCc2ccc(CO)cc2)c(Cl)c1. The van der Waals surface area contributed by atoms with Crippen LogP contribution in [0, 0.1) is 0 Å². The average Bonchev–Trinajstić information content (AvgIpc) is 2.68. The summed E-state index contributed by atoms with van der Waals surface area (Å²) in [5, 5.41) is 16.8. The molecule has 1 aromatic heterocycles. The molecule has 0 aliphatic carbocycles. The van der Waals surface area contributed by atoms with Crippen molar-refractivity contribution in [2.24, 2.45) is 0 Å². The highest BCUT2D eigenvalue weighted by molar-refractivity contribution is 6.41. The molecule has 2 aromatic carbocycles. The van der Waals surface area contributed by atoms with Crippen LogP contribution in [0.25, 0.3) is 5.69 Å². The molecule has 8 heteroatoms. The van der Waals surface area contributed by atoms with Crippen molar-refractivity contribution < 1.29 is 5.11 Å². The lowest BCUT2D eigenvalue weighted by molar-refractivity contribution is 0.282. The molecule has 5 nitrogen and oxygen atoms in total. The van der Waals surface area contributed by atoms with Crippen LogP contribution in [-0.4, -0.2) is 21.4 Å². The predicted octanol–water partition coefficient (Wildman–Crippen LogP) is 4.34. The lowest BCUT2D eigenvalue weighted by atomic mass is 10.1. The standard InChI is InChI=1S/C19H16Cl3N3O2/c20-15-9-14(25-19(27)18(22)16(21)10-24-25)5-6-17(15)23-8-7-12-1-3-13(11-26)4-2-12/h1-6,9-10,23,26H,7-8,11H2. The molecule has 0 saturated carbocycles. The highest BCUT2D eigenvalue weighted by Crippen LogP contribution is 2.25. The molecule has 2 N–H and O–H groups in total. The fraction of sp³-hybridized carbons (Fsp3) is 0.158. The lowest BCUT2D eigenvalue weighted by Crippen LogP contribution is -2.21. The van der Waals surface area contributed by atoms with Gasteiger partial charge in [-0.3, -0.25) is 4.79 Å². The molecule has 0 unspecified atom stereocenters. The van der Waals surface area contributed by atoms with Gasteiger partial charge in [0, 0.05) is 6.54 Å². The largest absolute Gasteiger partial charge is 0.392 e. The zero-order valence-electron chi connectivity index (χ0n) is 14.1. The highest BCUT2D eigenvalue weighted by Gasteiger charge is 2.10. The Labute approximate surface area is 171 Å². The maximum absolute atomic E-state index is 12.2. The zero-order chi connectivity index (χ0) is 19.4. The minimum absolute atomic E-state index is 0.0389. The number of nitrogens with zero attached hydrogens (tertiary/aromatic N) is 2. The van der Waals surface area contributed by atoms with Gasteiger partial charge in [0.1, 0.15) is 5.02 Å². The van der Waals surface area contributed by atoms with Gasteiger partial charge in [-0.15, -0.1) is 0 Å². The van der Waals surface area contributed by atoms with Gasteiger partial charge in [0.05, 0.1) is 34.2 Å². The molecule has 0 fully saturated rings. The molecule has 0 amide bonds. The van der Waals surface area contributed by atoms with Crippen LogP contribution in [0.2, 0.25) is 15.1 Å². The van der Waals surface area contributed by atoms with Crippen LogP contribution in [0.4, 0.5) is 5.69 Å². The third-order valence-electron chi connectivity index (χ3n) is 4.01. The van der Waals surface area contributed by atoms with Gasteiger partial charge in [-0.1, -0.05) is 59.1 Å². The molecule has 0 saturated heterocycles. The van der Waals surface area contributed by atoms with Crippen molar-refractivity contribution in [1.29, 1.82) is 0 Å². The maximum Gasteiger partial charge on any atom is 0.291 e. The Bertz CT molecular complexity index is 1000. The van der Waals surface area contributed by atoms with Gasteiger partial charge in [0.2, 0.25) is 0 Å². The summed E-state index contributed by atoms with van der Waals surface area (Å²) < 4.78 is 1.15. The molecule has 0 aliphatic rings. The summed E-state index contributed by atoms with van der Waals surface area (Å²) in [5.74, 6) is 0. The monoisotopic (exact) mass is 423 g/mol. The number of aliphatic hydroxyl groups excluding tert-OH is 1. The molecule has 0 bridgehead atoms. The zero-order valence-corrected chi connectivity index (χ0v) is 16.4. The summed E-state index contributed by atoms with van der Waals surface area (Å²) in [4.78, 5) is 12.2. The Morgan fingerprint density at radius 1 is 1.00 bits per heavy atom. The first-order chi connectivity index (χ1) is 13.0. The van der Waals surface area contributed by atoms with Crippen molar-refractivity contribution in [1.82, 2.24) is 9.78 Å². The number of halogens is 3. The first kappa shape index (κ1) is 19.7. The Kier molecular flexibility index (Phi) is 6.39. The van der Waals surface area contributed by atoms with E-state index < -0.39 is 5.56 Å². The van der Waals surface area contributed by atoms with Gasteiger partial charge in [0.25, 0.3) is 5.56 Å². The fourth-order valence-electron chi connectivity index (χ4n) is 2.53. The van der Waals surface area contributed by atoms with Gasteiger partial charge in [-0.25, -0.2) is 0 Å². The molecular weight excluding hydrogens is 409 g/mol. The first-order valence-electron chi connectivity index (χ1n) is 8.15. The molecular formula is C19H16Cl3N3O2. The van der Waals surface area contributed by atoms with E-state index in [0.717, 1.165) is 27.9 Å². The van der Waals surface area contributed by atoms with E-state index in [1.807, 2.05) is 24.3 Å². The Hall–Kier alpha value is -2.05. The predicted molar refractivity (Wildman–Crippen MR) is 109 cm³/mol. The van der Waals surface area contributed by atoms with E-state index >= 15 is 0 Å². The third-order valence-corrected chi connectivity index (χ3v) is 5.07. The van der Waals surface area contributed by atoms with Crippen LogP contribution in [0.1, 0.15) is 11.1 Å². The quantitative estimate of drug-likeness (QED) is 0.618. The number of benzene rings is 2. The van der Waals surface area contributed by atoms with Crippen LogP contribution in [0.3, 0.4) is 0 Å². The van der Waals surface area contributed by atoms with Gasteiger partial charge in [-0.2, -0.15) is 9.78 Å². The van der Waals surface area contributed by atoms with Crippen LogP contribution in [0.15, 0.2) is 53.5 Å². The summed E-state index contributed by atoms with van der Waals surface area (Å²) in [6.45, 7) is 0.722. The van der Waals surface area contributed by atoms with Crippen molar-refractivity contribution in [3.63, 3.8) is 0 Å². The molecule has 0 spiro atoms. The number of anilines is 1. The second kappa shape index (κ2) is 8.76. The summed E-state index contributed by atoms with van der Waals surface area (Å²) in [5.41, 5.74) is 2.77. The van der Waals surface area contributed by atoms with E-state index in [1.54, 1.807) is 18.2 Å². The second-order valence-electron chi connectivity index (χ2n) is 5.84. The summed E-state index contributed by atoms with van der Waals surface area (Å²) >= 11 is 18.0. The van der Waals surface area contributed by atoms with Crippen molar-refractivity contribution >= 4 is 40.5 Å². The Morgan fingerprint density at radius 3 is 2.37 bits per heavy atom. The van der Waals surface area contributed by atoms with E-state index in [9.17, 15) is 4.79 Å². The highest BCUT2D eigenvalue weighted by atomic mass is 35.5. The molecule has 0 atom stereocenters. The summed E-state index contributed by atoms with van der Waals surface area (Å²) in [6, 6.07) is 12.9. The summed E-state index contributed by atoms with van der Waals surface area (Å²) in [7, 11) is 0. The van der Waals surface area contributed by atoms with E-state index in [-0.39, 0.29) is 16.7 Å². The Morgan fingerprint density at radius 2 is 1.70 bits per heavy atom. The average molecular weight is 425 g/mol. The van der Waals surface area contributed by atoms with E-state index in [4.69, 9.17) is 39.9 Å². The minimum atomic E-state index is -0.507. The number of hydrogen-bond donors (Lipinski definition) is 2. The topological polar surface area (TPSA) is 67.2 Å². The number of nitrogens with one attached hydrogen (secondary N) is 1. The van der Waals surface area contributed by atoms with E-state index in [0.29, 0.717) is 17.3 Å². The second-order valence-corrected chi connectivity index (χ2v) is 7.03. The number of rotatable bonds is 6. The third kappa shape index (κ3) is 4.62. The van der Waals surface area contributed by atoms with Crippen molar-refractivity contribution in [2.45, 2.75) is 13.0 Å². The fourth-order valence-corrected chi connectivity index (χ4v) is 3.02. The number of hydrogen-bond acceptors (Lipinski definition) is 4. The number of aliphatic hydroxyl groups is 1. The van der Waals surface area contributed by atoms with Gasteiger partial charge < -0.3 is 10.4 Å². The molecule has 27 heavy (non-hydrogen) atoms. The first-order valence-corrected chi connectivity index (χ1v) is 9.29. The van der Waals surface area contributed by atoms with Gasteiger partial charge >= 0.3 is 0 Å². The van der Waals surface area contributed by atoms with Gasteiger partial charge in [0.15, 0.2) is 0 Å². The van der Waals surface area contributed by atoms with Crippen molar-refractivity contribution in [3.05, 3.63) is 85.2 Å². The molecule has 0 aliphatic heterocycles. The molecule has 3 rings (SSSR count). The molecule has 140 valence electrons. The van der Waals surface area contributed by atoms with Crippen molar-refractivity contribution in [2.75, 3.05) is 11.9 Å². The maximum atomic E-state index is 12.2. The normalized spacial score (nSPS) is 10.8.